The van der Waals surface area contributed by atoms with Crippen molar-refractivity contribution in [3.63, 3.8) is 0 Å². The summed E-state index contributed by atoms with van der Waals surface area (Å²) < 4.78 is 5.65. The number of nitrogens with one attached hydrogen (secondary N) is 1. The van der Waals surface area contributed by atoms with Crippen LogP contribution in [0.1, 0.15) is 24.8 Å². The van der Waals surface area contributed by atoms with E-state index >= 15 is 0 Å². The quantitative estimate of drug-likeness (QED) is 0.774. The first-order valence-corrected chi connectivity index (χ1v) is 5.23. The van der Waals surface area contributed by atoms with Crippen LogP contribution in [0.5, 0.6) is 0 Å². The first kappa shape index (κ1) is 9.69. The predicted molar refractivity (Wildman–Crippen MR) is 57.0 cm³/mol. The van der Waals surface area contributed by atoms with E-state index in [1.54, 1.807) is 7.11 Å². The molecule has 0 radical (unpaired) electrons. The lowest BCUT2D eigenvalue weighted by molar-refractivity contribution is -0.0648. The van der Waals surface area contributed by atoms with Crippen LogP contribution < -0.4 is 5.32 Å². The van der Waals surface area contributed by atoms with Gasteiger partial charge in [0, 0.05) is 7.11 Å². The van der Waals surface area contributed by atoms with Crippen molar-refractivity contribution in [3.8, 4) is 0 Å². The average Bonchev–Trinajstić information content (AvgIpc) is 2.31. The standard InChI is InChI=1S/C12H17NO/c1-14-12(9-5-6-10-13-12)11-7-3-2-4-8-11/h2-4,7-8,13H,5-6,9-10H2,1H3. The molecule has 0 spiro atoms. The van der Waals surface area contributed by atoms with Gasteiger partial charge in [0.25, 0.3) is 0 Å². The Kier molecular flexibility index (Phi) is 2.85. The molecule has 76 valence electrons. The summed E-state index contributed by atoms with van der Waals surface area (Å²) in [5, 5.41) is 3.48. The normalized spacial score (nSPS) is 27.5. The van der Waals surface area contributed by atoms with Gasteiger partial charge in [0.15, 0.2) is 0 Å². The molecule has 1 unspecified atom stereocenters. The molecule has 0 bridgehead atoms. The summed E-state index contributed by atoms with van der Waals surface area (Å²) in [4.78, 5) is 0. The van der Waals surface area contributed by atoms with Crippen molar-refractivity contribution < 1.29 is 4.74 Å². The molecule has 1 aliphatic heterocycles. The van der Waals surface area contributed by atoms with Crippen LogP contribution in [0.25, 0.3) is 0 Å². The van der Waals surface area contributed by atoms with Gasteiger partial charge in [-0.1, -0.05) is 30.3 Å². The van der Waals surface area contributed by atoms with E-state index in [0.29, 0.717) is 0 Å². The fourth-order valence-corrected chi connectivity index (χ4v) is 2.12. The van der Waals surface area contributed by atoms with E-state index in [1.165, 1.54) is 18.4 Å². The second-order valence-electron chi connectivity index (χ2n) is 3.78. The molecule has 1 atom stereocenters. The van der Waals surface area contributed by atoms with Crippen LogP contribution in [-0.4, -0.2) is 13.7 Å². The number of benzene rings is 1. The van der Waals surface area contributed by atoms with Gasteiger partial charge in [-0.2, -0.15) is 0 Å². The minimum atomic E-state index is -0.237. The second-order valence-corrected chi connectivity index (χ2v) is 3.78. The van der Waals surface area contributed by atoms with Gasteiger partial charge in [-0.25, -0.2) is 0 Å². The van der Waals surface area contributed by atoms with E-state index in [1.807, 2.05) is 6.07 Å². The number of ether oxygens (including phenoxy) is 1. The van der Waals surface area contributed by atoms with Crippen LogP contribution in [0.2, 0.25) is 0 Å². The molecule has 1 aliphatic rings. The molecule has 0 aromatic heterocycles. The largest absolute Gasteiger partial charge is 0.360 e. The van der Waals surface area contributed by atoms with E-state index in [0.717, 1.165) is 13.0 Å². The highest BCUT2D eigenvalue weighted by Crippen LogP contribution is 2.30. The lowest BCUT2D eigenvalue weighted by atomic mass is 9.93. The Labute approximate surface area is 85.3 Å². The van der Waals surface area contributed by atoms with E-state index in [-0.39, 0.29) is 5.72 Å². The van der Waals surface area contributed by atoms with E-state index in [4.69, 9.17) is 4.74 Å². The van der Waals surface area contributed by atoms with Crippen LogP contribution >= 0.6 is 0 Å². The monoisotopic (exact) mass is 191 g/mol. The molecule has 1 N–H and O–H groups in total. The maximum atomic E-state index is 5.65. The van der Waals surface area contributed by atoms with Gasteiger partial charge in [-0.3, -0.25) is 5.32 Å². The Balaban J connectivity index is 2.27. The SMILES string of the molecule is COC1(c2ccccc2)CCCCN1. The third kappa shape index (κ3) is 1.68. The molecule has 2 rings (SSSR count). The molecule has 0 amide bonds. The molecule has 0 aliphatic carbocycles. The summed E-state index contributed by atoms with van der Waals surface area (Å²) in [6.07, 6.45) is 3.54. The summed E-state index contributed by atoms with van der Waals surface area (Å²) in [6.45, 7) is 1.04. The smallest absolute Gasteiger partial charge is 0.144 e. The van der Waals surface area contributed by atoms with Gasteiger partial charge < -0.3 is 4.74 Å². The van der Waals surface area contributed by atoms with Crippen molar-refractivity contribution in [3.05, 3.63) is 35.9 Å². The van der Waals surface area contributed by atoms with Crippen LogP contribution in [-0.2, 0) is 10.5 Å². The number of rotatable bonds is 2. The zero-order valence-corrected chi connectivity index (χ0v) is 8.62. The Morgan fingerprint density at radius 3 is 2.57 bits per heavy atom. The Morgan fingerprint density at radius 2 is 2.00 bits per heavy atom. The summed E-state index contributed by atoms with van der Waals surface area (Å²) in [5.41, 5.74) is 1.00. The average molecular weight is 191 g/mol. The molecule has 1 aromatic carbocycles. The van der Waals surface area contributed by atoms with Crippen LogP contribution in [0.3, 0.4) is 0 Å². The fraction of sp³-hybridized carbons (Fsp3) is 0.500. The molecule has 1 aromatic rings. The zero-order valence-electron chi connectivity index (χ0n) is 8.62. The molecular weight excluding hydrogens is 174 g/mol. The number of hydrogen-bond acceptors (Lipinski definition) is 2. The van der Waals surface area contributed by atoms with Gasteiger partial charge in [0.2, 0.25) is 0 Å². The molecule has 0 saturated carbocycles. The van der Waals surface area contributed by atoms with Crippen molar-refractivity contribution >= 4 is 0 Å². The van der Waals surface area contributed by atoms with Gasteiger partial charge >= 0.3 is 0 Å². The Morgan fingerprint density at radius 1 is 1.21 bits per heavy atom. The lowest BCUT2D eigenvalue weighted by Crippen LogP contribution is -2.47. The minimum Gasteiger partial charge on any atom is -0.360 e. The van der Waals surface area contributed by atoms with Crippen LogP contribution in [0.15, 0.2) is 30.3 Å². The van der Waals surface area contributed by atoms with E-state index in [2.05, 4.69) is 29.6 Å². The van der Waals surface area contributed by atoms with Crippen LogP contribution in [0.4, 0.5) is 0 Å². The molecule has 1 saturated heterocycles. The first-order valence-electron chi connectivity index (χ1n) is 5.23. The second kappa shape index (κ2) is 4.11. The molecule has 14 heavy (non-hydrogen) atoms. The van der Waals surface area contributed by atoms with Gasteiger partial charge in [-0.05, 0) is 31.4 Å². The third-order valence-electron chi connectivity index (χ3n) is 2.95. The van der Waals surface area contributed by atoms with Crippen molar-refractivity contribution in [1.29, 1.82) is 0 Å². The highest BCUT2D eigenvalue weighted by atomic mass is 16.5. The summed E-state index contributed by atoms with van der Waals surface area (Å²) in [6, 6.07) is 10.4. The molecule has 2 nitrogen and oxygen atoms in total. The number of hydrogen-bond donors (Lipinski definition) is 1. The number of methoxy groups -OCH3 is 1. The van der Waals surface area contributed by atoms with Gasteiger partial charge in [0.05, 0.1) is 0 Å². The minimum absolute atomic E-state index is 0.237. The van der Waals surface area contributed by atoms with Gasteiger partial charge in [0.1, 0.15) is 5.72 Å². The first-order chi connectivity index (χ1) is 6.87. The summed E-state index contributed by atoms with van der Waals surface area (Å²) >= 11 is 0. The number of piperidine rings is 1. The summed E-state index contributed by atoms with van der Waals surface area (Å²) in [5.74, 6) is 0. The van der Waals surface area contributed by atoms with E-state index in [9.17, 15) is 0 Å². The molecule has 1 heterocycles. The lowest BCUT2D eigenvalue weighted by Gasteiger charge is -2.37. The zero-order chi connectivity index (χ0) is 9.86. The Hall–Kier alpha value is -0.860. The van der Waals surface area contributed by atoms with Gasteiger partial charge in [-0.15, -0.1) is 0 Å². The third-order valence-corrected chi connectivity index (χ3v) is 2.95. The maximum absolute atomic E-state index is 5.65. The highest BCUT2D eigenvalue weighted by molar-refractivity contribution is 5.22. The topological polar surface area (TPSA) is 21.3 Å². The maximum Gasteiger partial charge on any atom is 0.144 e. The van der Waals surface area contributed by atoms with Crippen LogP contribution in [0, 0.1) is 0 Å². The van der Waals surface area contributed by atoms with Crippen molar-refractivity contribution in [2.24, 2.45) is 0 Å². The highest BCUT2D eigenvalue weighted by Gasteiger charge is 2.32. The molecule has 1 fully saturated rings. The fourth-order valence-electron chi connectivity index (χ4n) is 2.12. The van der Waals surface area contributed by atoms with E-state index < -0.39 is 0 Å². The van der Waals surface area contributed by atoms with Crippen molar-refractivity contribution in [2.75, 3.05) is 13.7 Å². The predicted octanol–water partition coefficient (Wildman–Crippen LogP) is 2.26. The molecule has 2 heteroatoms. The Bertz CT molecular complexity index is 278. The molecular formula is C12H17NO. The van der Waals surface area contributed by atoms with Crippen molar-refractivity contribution in [2.45, 2.75) is 25.0 Å². The summed E-state index contributed by atoms with van der Waals surface area (Å²) in [7, 11) is 1.78. The van der Waals surface area contributed by atoms with Crippen molar-refractivity contribution in [1.82, 2.24) is 5.32 Å².